The highest BCUT2D eigenvalue weighted by atomic mass is 19.1. The Kier molecular flexibility index (Phi) is 4.55. The summed E-state index contributed by atoms with van der Waals surface area (Å²) in [6.07, 6.45) is 7.33. The molecule has 0 atom stereocenters. The van der Waals surface area contributed by atoms with Gasteiger partial charge in [0.2, 0.25) is 0 Å². The number of hydrogen-bond donors (Lipinski definition) is 0. The van der Waals surface area contributed by atoms with Crippen LogP contribution in [0, 0.1) is 0 Å². The Morgan fingerprint density at radius 3 is 2.20 bits per heavy atom. The van der Waals surface area contributed by atoms with Gasteiger partial charge in [-0.15, -0.1) is 0 Å². The maximum absolute atomic E-state index is 12.3. The molecule has 0 heterocycles. The van der Waals surface area contributed by atoms with E-state index in [2.05, 4.69) is 0 Å². The molecule has 0 nitrogen and oxygen atoms in total. The molecule has 56 valence electrons. The zero-order chi connectivity index (χ0) is 7.98. The molecule has 0 aromatic heterocycles. The summed E-state index contributed by atoms with van der Waals surface area (Å²) in [6, 6.07) is 0. The van der Waals surface area contributed by atoms with Gasteiger partial charge in [-0.2, -0.15) is 0 Å². The van der Waals surface area contributed by atoms with Crippen molar-refractivity contribution in [2.24, 2.45) is 0 Å². The van der Waals surface area contributed by atoms with E-state index in [1.54, 1.807) is 13.0 Å². The summed E-state index contributed by atoms with van der Waals surface area (Å²) in [7, 11) is 0. The van der Waals surface area contributed by atoms with Crippen LogP contribution < -0.4 is 0 Å². The standard InChI is InChI=1S/C9H13F/c1-4-5-6-7-8(2)9(3)10/h4-7H,1-3H3/b5-4?,7-6-,9-8+. The molecule has 0 spiro atoms. The van der Waals surface area contributed by atoms with Crippen LogP contribution in [0.2, 0.25) is 0 Å². The van der Waals surface area contributed by atoms with Crippen molar-refractivity contribution < 1.29 is 4.39 Å². The largest absolute Gasteiger partial charge is 0.212 e. The molecule has 0 fully saturated rings. The van der Waals surface area contributed by atoms with Crippen molar-refractivity contribution >= 4 is 0 Å². The van der Waals surface area contributed by atoms with Crippen LogP contribution >= 0.6 is 0 Å². The van der Waals surface area contributed by atoms with E-state index in [1.807, 2.05) is 25.2 Å². The number of hydrogen-bond acceptors (Lipinski definition) is 0. The molecule has 0 aromatic carbocycles. The molecule has 0 aliphatic heterocycles. The second-order valence-electron chi connectivity index (χ2n) is 2.10. The predicted molar refractivity (Wildman–Crippen MR) is 43.4 cm³/mol. The van der Waals surface area contributed by atoms with E-state index in [-0.39, 0.29) is 5.83 Å². The van der Waals surface area contributed by atoms with Gasteiger partial charge in [-0.3, -0.25) is 0 Å². The summed E-state index contributed by atoms with van der Waals surface area (Å²) in [5.74, 6) is -0.124. The molecule has 0 rings (SSSR count). The molecule has 1 heteroatoms. The molecule has 0 aliphatic rings. The van der Waals surface area contributed by atoms with Gasteiger partial charge in [-0.25, -0.2) is 4.39 Å². The Morgan fingerprint density at radius 1 is 1.20 bits per heavy atom. The van der Waals surface area contributed by atoms with Gasteiger partial charge in [0.15, 0.2) is 0 Å². The summed E-state index contributed by atoms with van der Waals surface area (Å²) >= 11 is 0. The third kappa shape index (κ3) is 4.07. The summed E-state index contributed by atoms with van der Waals surface area (Å²) < 4.78 is 12.3. The molecule has 0 unspecified atom stereocenters. The number of allylic oxidation sites excluding steroid dienone is 6. The van der Waals surface area contributed by atoms with Gasteiger partial charge in [0.05, 0.1) is 5.83 Å². The number of rotatable bonds is 2. The van der Waals surface area contributed by atoms with Gasteiger partial charge in [0.1, 0.15) is 0 Å². The molecule has 0 aromatic rings. The highest BCUT2D eigenvalue weighted by molar-refractivity contribution is 5.21. The van der Waals surface area contributed by atoms with E-state index in [0.29, 0.717) is 5.57 Å². The van der Waals surface area contributed by atoms with Crippen molar-refractivity contribution in [2.75, 3.05) is 0 Å². The van der Waals surface area contributed by atoms with Crippen LogP contribution in [0.5, 0.6) is 0 Å². The van der Waals surface area contributed by atoms with Crippen molar-refractivity contribution in [1.82, 2.24) is 0 Å². The third-order valence-electron chi connectivity index (χ3n) is 1.19. The van der Waals surface area contributed by atoms with Gasteiger partial charge < -0.3 is 0 Å². The highest BCUT2D eigenvalue weighted by Gasteiger charge is 1.86. The second-order valence-corrected chi connectivity index (χ2v) is 2.10. The maximum Gasteiger partial charge on any atom is 0.0997 e. The summed E-state index contributed by atoms with van der Waals surface area (Å²) in [6.45, 7) is 5.12. The van der Waals surface area contributed by atoms with Crippen LogP contribution in [0.4, 0.5) is 4.39 Å². The first kappa shape index (κ1) is 9.15. The molecule has 0 saturated carbocycles. The molecule has 0 aliphatic carbocycles. The third-order valence-corrected chi connectivity index (χ3v) is 1.19. The fourth-order valence-corrected chi connectivity index (χ4v) is 0.426. The lowest BCUT2D eigenvalue weighted by Gasteiger charge is -1.88. The van der Waals surface area contributed by atoms with E-state index in [9.17, 15) is 4.39 Å². The van der Waals surface area contributed by atoms with Gasteiger partial charge in [-0.1, -0.05) is 24.3 Å². The van der Waals surface area contributed by atoms with Crippen molar-refractivity contribution in [3.63, 3.8) is 0 Å². The first-order valence-electron chi connectivity index (χ1n) is 3.31. The smallest absolute Gasteiger partial charge is 0.0997 e. The van der Waals surface area contributed by atoms with Crippen LogP contribution in [0.1, 0.15) is 20.8 Å². The second kappa shape index (κ2) is 4.98. The minimum absolute atomic E-state index is 0.124. The van der Waals surface area contributed by atoms with E-state index in [4.69, 9.17) is 0 Å². The van der Waals surface area contributed by atoms with E-state index >= 15 is 0 Å². The van der Waals surface area contributed by atoms with Gasteiger partial charge >= 0.3 is 0 Å². The predicted octanol–water partition coefficient (Wildman–Crippen LogP) is 3.38. The van der Waals surface area contributed by atoms with Gasteiger partial charge in [-0.05, 0) is 26.3 Å². The Bertz CT molecular complexity index is 169. The molecule has 10 heavy (non-hydrogen) atoms. The molecule has 0 amide bonds. The lowest BCUT2D eigenvalue weighted by Crippen LogP contribution is -1.69. The lowest BCUT2D eigenvalue weighted by molar-refractivity contribution is 0.631. The van der Waals surface area contributed by atoms with E-state index in [1.165, 1.54) is 6.92 Å². The Hall–Kier alpha value is -0.850. The van der Waals surface area contributed by atoms with Crippen LogP contribution in [-0.4, -0.2) is 0 Å². The normalized spacial score (nSPS) is 14.8. The summed E-state index contributed by atoms with van der Waals surface area (Å²) in [5.41, 5.74) is 0.679. The van der Waals surface area contributed by atoms with Crippen LogP contribution in [-0.2, 0) is 0 Å². The first-order valence-corrected chi connectivity index (χ1v) is 3.31. The molecule has 0 bridgehead atoms. The topological polar surface area (TPSA) is 0 Å². The highest BCUT2D eigenvalue weighted by Crippen LogP contribution is 2.04. The minimum atomic E-state index is -0.124. The molecule has 0 N–H and O–H groups in total. The first-order chi connectivity index (χ1) is 4.68. The van der Waals surface area contributed by atoms with Gasteiger partial charge in [0.25, 0.3) is 0 Å². The molecular weight excluding hydrogens is 127 g/mol. The van der Waals surface area contributed by atoms with E-state index in [0.717, 1.165) is 0 Å². The Morgan fingerprint density at radius 2 is 1.80 bits per heavy atom. The zero-order valence-electron chi connectivity index (χ0n) is 6.69. The summed E-state index contributed by atoms with van der Waals surface area (Å²) in [4.78, 5) is 0. The average Bonchev–Trinajstić information content (AvgIpc) is 1.88. The van der Waals surface area contributed by atoms with Crippen molar-refractivity contribution in [1.29, 1.82) is 0 Å². The molecule has 0 saturated heterocycles. The fourth-order valence-electron chi connectivity index (χ4n) is 0.426. The number of halogens is 1. The van der Waals surface area contributed by atoms with Crippen molar-refractivity contribution in [2.45, 2.75) is 20.8 Å². The monoisotopic (exact) mass is 140 g/mol. The molecular formula is C9H13F. The van der Waals surface area contributed by atoms with Crippen molar-refractivity contribution in [3.8, 4) is 0 Å². The SMILES string of the molecule is CC=C/C=C\C(C)=C(/C)F. The Labute approximate surface area is 61.8 Å². The minimum Gasteiger partial charge on any atom is -0.212 e. The van der Waals surface area contributed by atoms with Crippen molar-refractivity contribution in [3.05, 3.63) is 35.7 Å². The van der Waals surface area contributed by atoms with Crippen LogP contribution in [0.3, 0.4) is 0 Å². The fraction of sp³-hybridized carbons (Fsp3) is 0.333. The molecule has 0 radical (unpaired) electrons. The zero-order valence-corrected chi connectivity index (χ0v) is 6.69. The van der Waals surface area contributed by atoms with Gasteiger partial charge in [0, 0.05) is 0 Å². The average molecular weight is 140 g/mol. The maximum atomic E-state index is 12.3. The van der Waals surface area contributed by atoms with E-state index < -0.39 is 0 Å². The van der Waals surface area contributed by atoms with Crippen LogP contribution in [0.15, 0.2) is 35.7 Å². The van der Waals surface area contributed by atoms with Crippen LogP contribution in [0.25, 0.3) is 0 Å². The lowest BCUT2D eigenvalue weighted by atomic mass is 10.2. The Balaban J connectivity index is 4.03. The quantitative estimate of drug-likeness (QED) is 0.516. The summed E-state index contributed by atoms with van der Waals surface area (Å²) in [5, 5.41) is 0.